The van der Waals surface area contributed by atoms with Gasteiger partial charge in [-0.1, -0.05) is 18.2 Å². The fourth-order valence-corrected chi connectivity index (χ4v) is 2.82. The molecule has 3 rings (SSSR count). The van der Waals surface area contributed by atoms with Gasteiger partial charge in [-0.3, -0.25) is 9.69 Å². The molecule has 1 saturated heterocycles. The summed E-state index contributed by atoms with van der Waals surface area (Å²) in [7, 11) is 1.45. The highest BCUT2D eigenvalue weighted by molar-refractivity contribution is 5.75. The van der Waals surface area contributed by atoms with Gasteiger partial charge >= 0.3 is 5.97 Å². The third-order valence-electron chi connectivity index (χ3n) is 3.88. The first-order valence-electron chi connectivity index (χ1n) is 7.19. The maximum absolute atomic E-state index is 11.8. The van der Waals surface area contributed by atoms with E-state index in [9.17, 15) is 4.79 Å². The lowest BCUT2D eigenvalue weighted by molar-refractivity contribution is -0.146. The number of carbonyl (C=O) groups is 1. The average molecular weight is 285 g/mol. The zero-order chi connectivity index (χ0) is 14.7. The van der Waals surface area contributed by atoms with E-state index in [2.05, 4.69) is 10.00 Å². The molecule has 1 aliphatic rings. The van der Waals surface area contributed by atoms with E-state index in [1.54, 1.807) is 0 Å². The molecule has 5 heteroatoms. The maximum atomic E-state index is 11.8. The van der Waals surface area contributed by atoms with E-state index in [1.807, 2.05) is 47.4 Å². The first-order valence-corrected chi connectivity index (χ1v) is 7.19. The third-order valence-corrected chi connectivity index (χ3v) is 3.88. The molecule has 5 nitrogen and oxygen atoms in total. The normalized spacial score (nSPS) is 18.8. The first kappa shape index (κ1) is 13.8. The van der Waals surface area contributed by atoms with Crippen LogP contribution < -0.4 is 0 Å². The number of aromatic nitrogens is 2. The van der Waals surface area contributed by atoms with Crippen LogP contribution in [0.25, 0.3) is 5.69 Å². The number of nitrogens with zero attached hydrogens (tertiary/aromatic N) is 3. The van der Waals surface area contributed by atoms with Gasteiger partial charge in [0.15, 0.2) is 0 Å². The minimum Gasteiger partial charge on any atom is -0.468 e. The van der Waals surface area contributed by atoms with Gasteiger partial charge in [-0.05, 0) is 31.5 Å². The van der Waals surface area contributed by atoms with Crippen LogP contribution in [0.3, 0.4) is 0 Å². The largest absolute Gasteiger partial charge is 0.468 e. The predicted octanol–water partition coefficient (Wildman–Crippen LogP) is 2.01. The Morgan fingerprint density at radius 2 is 2.19 bits per heavy atom. The van der Waals surface area contributed by atoms with Crippen molar-refractivity contribution in [2.24, 2.45) is 0 Å². The molecule has 1 fully saturated rings. The van der Waals surface area contributed by atoms with Crippen molar-refractivity contribution in [1.29, 1.82) is 0 Å². The Balaban J connectivity index is 1.71. The van der Waals surface area contributed by atoms with Crippen molar-refractivity contribution >= 4 is 5.97 Å². The molecule has 0 radical (unpaired) electrons. The van der Waals surface area contributed by atoms with Gasteiger partial charge in [0.2, 0.25) is 0 Å². The van der Waals surface area contributed by atoms with Crippen LogP contribution in [0.5, 0.6) is 0 Å². The molecule has 1 unspecified atom stereocenters. The second-order valence-electron chi connectivity index (χ2n) is 5.28. The highest BCUT2D eigenvalue weighted by Crippen LogP contribution is 2.21. The maximum Gasteiger partial charge on any atom is 0.323 e. The average Bonchev–Trinajstić information content (AvgIpc) is 3.17. The van der Waals surface area contributed by atoms with Crippen molar-refractivity contribution in [2.45, 2.75) is 25.4 Å². The second-order valence-corrected chi connectivity index (χ2v) is 5.28. The van der Waals surface area contributed by atoms with Crippen molar-refractivity contribution in [3.63, 3.8) is 0 Å². The summed E-state index contributed by atoms with van der Waals surface area (Å²) in [5.41, 5.74) is 2.14. The van der Waals surface area contributed by atoms with Crippen LogP contribution in [0.4, 0.5) is 0 Å². The molecule has 0 amide bonds. The SMILES string of the molecule is COC(=O)C1CCCN1Cc1cnn(-c2ccccc2)c1. The molecule has 0 bridgehead atoms. The van der Waals surface area contributed by atoms with Gasteiger partial charge in [-0.2, -0.15) is 5.10 Å². The molecule has 0 saturated carbocycles. The smallest absolute Gasteiger partial charge is 0.323 e. The number of methoxy groups -OCH3 is 1. The minimum absolute atomic E-state index is 0.116. The van der Waals surface area contributed by atoms with E-state index >= 15 is 0 Å². The lowest BCUT2D eigenvalue weighted by Crippen LogP contribution is -2.36. The van der Waals surface area contributed by atoms with Crippen molar-refractivity contribution < 1.29 is 9.53 Å². The summed E-state index contributed by atoms with van der Waals surface area (Å²) in [6.45, 7) is 1.66. The summed E-state index contributed by atoms with van der Waals surface area (Å²) in [5, 5.41) is 4.39. The molecule has 0 aliphatic carbocycles. The molecule has 2 heterocycles. The van der Waals surface area contributed by atoms with E-state index in [-0.39, 0.29) is 12.0 Å². The van der Waals surface area contributed by atoms with Gasteiger partial charge in [0, 0.05) is 18.3 Å². The van der Waals surface area contributed by atoms with E-state index < -0.39 is 0 Å². The standard InChI is InChI=1S/C16H19N3O2/c1-21-16(20)15-8-5-9-18(15)11-13-10-17-19(12-13)14-6-3-2-4-7-14/h2-4,6-7,10,12,15H,5,8-9,11H2,1H3. The Hall–Kier alpha value is -2.14. The topological polar surface area (TPSA) is 47.4 Å². The number of esters is 1. The summed E-state index contributed by atoms with van der Waals surface area (Å²) in [5.74, 6) is -0.136. The number of para-hydroxylation sites is 1. The summed E-state index contributed by atoms with van der Waals surface area (Å²) < 4.78 is 6.73. The van der Waals surface area contributed by atoms with Crippen LogP contribution in [0, 0.1) is 0 Å². The summed E-state index contributed by atoms with van der Waals surface area (Å²) in [6, 6.07) is 9.89. The molecule has 110 valence electrons. The zero-order valence-corrected chi connectivity index (χ0v) is 12.1. The van der Waals surface area contributed by atoms with Gasteiger partial charge < -0.3 is 4.74 Å². The zero-order valence-electron chi connectivity index (χ0n) is 12.1. The molecule has 1 aromatic carbocycles. The lowest BCUT2D eigenvalue weighted by Gasteiger charge is -2.21. The summed E-state index contributed by atoms with van der Waals surface area (Å²) in [6.07, 6.45) is 5.79. The number of hydrogen-bond acceptors (Lipinski definition) is 4. The van der Waals surface area contributed by atoms with Crippen LogP contribution in [-0.4, -0.2) is 40.3 Å². The van der Waals surface area contributed by atoms with Crippen LogP contribution in [0.2, 0.25) is 0 Å². The number of ether oxygens (including phenoxy) is 1. The predicted molar refractivity (Wildman–Crippen MR) is 79.0 cm³/mol. The highest BCUT2D eigenvalue weighted by atomic mass is 16.5. The molecule has 1 atom stereocenters. The van der Waals surface area contributed by atoms with E-state index in [1.165, 1.54) is 7.11 Å². The van der Waals surface area contributed by atoms with Gasteiger partial charge in [-0.15, -0.1) is 0 Å². The van der Waals surface area contributed by atoms with Crippen LogP contribution in [-0.2, 0) is 16.1 Å². The Bertz CT molecular complexity index is 609. The molecule has 1 aliphatic heterocycles. The van der Waals surface area contributed by atoms with E-state index in [0.717, 1.165) is 37.2 Å². The summed E-state index contributed by atoms with van der Waals surface area (Å²) >= 11 is 0. The Morgan fingerprint density at radius 3 is 2.95 bits per heavy atom. The molecular weight excluding hydrogens is 266 g/mol. The number of hydrogen-bond donors (Lipinski definition) is 0. The second kappa shape index (κ2) is 6.10. The first-order chi connectivity index (χ1) is 10.3. The van der Waals surface area contributed by atoms with Crippen LogP contribution in [0.1, 0.15) is 18.4 Å². The summed E-state index contributed by atoms with van der Waals surface area (Å²) in [4.78, 5) is 13.9. The molecular formula is C16H19N3O2. The quantitative estimate of drug-likeness (QED) is 0.806. The molecule has 0 N–H and O–H groups in total. The van der Waals surface area contributed by atoms with Gasteiger partial charge in [0.05, 0.1) is 19.0 Å². The van der Waals surface area contributed by atoms with Gasteiger partial charge in [0.1, 0.15) is 6.04 Å². The molecule has 21 heavy (non-hydrogen) atoms. The fourth-order valence-electron chi connectivity index (χ4n) is 2.82. The van der Waals surface area contributed by atoms with E-state index in [4.69, 9.17) is 4.74 Å². The van der Waals surface area contributed by atoms with E-state index in [0.29, 0.717) is 0 Å². The molecule has 0 spiro atoms. The fraction of sp³-hybridized carbons (Fsp3) is 0.375. The van der Waals surface area contributed by atoms with Crippen LogP contribution in [0.15, 0.2) is 42.7 Å². The molecule has 2 aromatic rings. The molecule has 1 aromatic heterocycles. The van der Waals surface area contributed by atoms with Gasteiger partial charge in [0.25, 0.3) is 0 Å². The minimum atomic E-state index is -0.136. The van der Waals surface area contributed by atoms with Crippen molar-refractivity contribution in [2.75, 3.05) is 13.7 Å². The lowest BCUT2D eigenvalue weighted by atomic mass is 10.2. The third kappa shape index (κ3) is 2.97. The van der Waals surface area contributed by atoms with Crippen molar-refractivity contribution in [1.82, 2.24) is 14.7 Å². The van der Waals surface area contributed by atoms with Gasteiger partial charge in [-0.25, -0.2) is 4.68 Å². The monoisotopic (exact) mass is 285 g/mol. The Kier molecular flexibility index (Phi) is 4.01. The Morgan fingerprint density at radius 1 is 1.38 bits per heavy atom. The number of rotatable bonds is 4. The number of benzene rings is 1. The van der Waals surface area contributed by atoms with Crippen molar-refractivity contribution in [3.05, 3.63) is 48.3 Å². The van der Waals surface area contributed by atoms with Crippen molar-refractivity contribution in [3.8, 4) is 5.69 Å². The number of likely N-dealkylation sites (tertiary alicyclic amines) is 1. The van der Waals surface area contributed by atoms with Crippen LogP contribution >= 0.6 is 0 Å². The highest BCUT2D eigenvalue weighted by Gasteiger charge is 2.31. The Labute approximate surface area is 124 Å². The number of carbonyl (C=O) groups excluding carboxylic acids is 1.